The van der Waals surface area contributed by atoms with Crippen molar-refractivity contribution in [3.05, 3.63) is 29.7 Å². The van der Waals surface area contributed by atoms with Gasteiger partial charge in [0.15, 0.2) is 0 Å². The van der Waals surface area contributed by atoms with E-state index >= 15 is 0 Å². The van der Waals surface area contributed by atoms with Gasteiger partial charge in [-0.15, -0.1) is 11.6 Å². The Labute approximate surface area is 277 Å². The summed E-state index contributed by atoms with van der Waals surface area (Å²) >= 11 is 4.64. The van der Waals surface area contributed by atoms with E-state index in [4.69, 9.17) is 0 Å². The summed E-state index contributed by atoms with van der Waals surface area (Å²) in [6, 6.07) is 0. The first-order chi connectivity index (χ1) is 14.9. The predicted octanol–water partition coefficient (Wildman–Crippen LogP) is 7.18. The molecule has 4 fully saturated rings. The second-order valence-corrected chi connectivity index (χ2v) is 11.6. The van der Waals surface area contributed by atoms with Crippen molar-refractivity contribution in [2.75, 3.05) is 54.7 Å². The minimum atomic E-state index is 0. The van der Waals surface area contributed by atoms with E-state index in [0.717, 1.165) is 16.3 Å². The minimum Gasteiger partial charge on any atom is -1.00 e. The maximum atomic E-state index is 4.64. The Hall–Kier alpha value is 1.54. The standard InChI is InChI=1S/C9H20N.C8H17N.2C5H10.CH3Cl.4CH3.ClH.2Fe/c1-10(2,3)8-9-6-4-5-7-9;1-9(2)7-8-5-3-4-6-8;2*1-2-4-5-3-1;1-2;;;;;;;/h9H,4-8H2,1-3H3;8H,3-7H2,1-2H3;2*1-5H2;1H3;4*1H3;1H;;/q+1;;;;;4*-1;;2*+2/p-1. The number of hydrogen-bond acceptors (Lipinski definition) is 1. The molecule has 0 aliphatic heterocycles. The Kier molecular flexibility index (Phi) is 63.2. The molecule has 0 saturated heterocycles. The molecular weight excluding hydrogens is 595 g/mol. The van der Waals surface area contributed by atoms with Gasteiger partial charge in [-0.3, -0.25) is 0 Å². The summed E-state index contributed by atoms with van der Waals surface area (Å²) in [5.41, 5.74) is 0. The average Bonchev–Trinajstić information content (AvgIpc) is 3.53. The zero-order valence-electron chi connectivity index (χ0n) is 27.7. The van der Waals surface area contributed by atoms with Gasteiger partial charge in [-0.05, 0) is 45.7 Å². The van der Waals surface area contributed by atoms with Crippen LogP contribution in [0.3, 0.4) is 0 Å². The van der Waals surface area contributed by atoms with Crippen LogP contribution in [0.1, 0.15) is 116 Å². The van der Waals surface area contributed by atoms with Gasteiger partial charge in [-0.2, -0.15) is 0 Å². The van der Waals surface area contributed by atoms with E-state index in [0.29, 0.717) is 0 Å². The summed E-state index contributed by atoms with van der Waals surface area (Å²) in [4.78, 5) is 2.30. The minimum absolute atomic E-state index is 0. The zero-order chi connectivity index (χ0) is 23.4. The SMILES string of the molecule is C1CCCC1.C1CCCC1.CCl.CN(C)CC1CCCC1.C[N+](C)(C)CC1CCCC1.[CH3-].[CH3-].[CH3-].[CH3-].[Cl-].[Fe+2].[Fe+2]. The van der Waals surface area contributed by atoms with Crippen molar-refractivity contribution in [2.24, 2.45) is 11.8 Å². The third-order valence-corrected chi connectivity index (χ3v) is 6.88. The van der Waals surface area contributed by atoms with Gasteiger partial charge in [-0.1, -0.05) is 89.9 Å². The van der Waals surface area contributed by atoms with Crippen molar-refractivity contribution in [3.8, 4) is 0 Å². The van der Waals surface area contributed by atoms with Crippen molar-refractivity contribution >= 4 is 11.6 Å². The zero-order valence-corrected chi connectivity index (χ0v) is 31.4. The molecule has 0 atom stereocenters. The first-order valence-electron chi connectivity index (χ1n) is 13.7. The molecule has 0 bridgehead atoms. The average molecular weight is 668 g/mol. The number of nitrogens with zero attached hydrogens (tertiary/aromatic N) is 2. The smallest absolute Gasteiger partial charge is 1.00 e. The van der Waals surface area contributed by atoms with Crippen LogP contribution in [0, 0.1) is 41.5 Å². The summed E-state index contributed by atoms with van der Waals surface area (Å²) < 4.78 is 1.14. The molecule has 0 unspecified atom stereocenters. The summed E-state index contributed by atoms with van der Waals surface area (Å²) in [6.45, 7) is 2.68. The molecule has 0 aromatic rings. The van der Waals surface area contributed by atoms with Crippen LogP contribution in [0.2, 0.25) is 0 Å². The van der Waals surface area contributed by atoms with Crippen LogP contribution in [0.15, 0.2) is 0 Å². The van der Waals surface area contributed by atoms with Crippen LogP contribution in [0.5, 0.6) is 0 Å². The molecule has 4 rings (SSSR count). The first-order valence-corrected chi connectivity index (χ1v) is 14.5. The topological polar surface area (TPSA) is 3.24 Å². The van der Waals surface area contributed by atoms with E-state index in [2.05, 4.69) is 51.7 Å². The predicted molar refractivity (Wildman–Crippen MR) is 169 cm³/mol. The summed E-state index contributed by atoms with van der Waals surface area (Å²) in [5, 5.41) is 0. The molecule has 0 amide bonds. The van der Waals surface area contributed by atoms with E-state index in [1.807, 2.05) is 0 Å². The third-order valence-electron chi connectivity index (χ3n) is 6.88. The molecule has 38 heavy (non-hydrogen) atoms. The molecule has 2 nitrogen and oxygen atoms in total. The Morgan fingerprint density at radius 3 is 0.974 bits per heavy atom. The number of hydrogen-bond donors (Lipinski definition) is 0. The number of halogens is 2. The molecule has 0 spiro atoms. The molecule has 240 valence electrons. The maximum absolute atomic E-state index is 4.64. The van der Waals surface area contributed by atoms with E-state index in [1.54, 1.807) is 0 Å². The van der Waals surface area contributed by atoms with E-state index in [1.165, 1.54) is 135 Å². The Bertz CT molecular complexity index is 336. The van der Waals surface area contributed by atoms with Gasteiger partial charge >= 0.3 is 34.1 Å². The summed E-state index contributed by atoms with van der Waals surface area (Å²) in [7, 11) is 11.2. The second kappa shape index (κ2) is 40.7. The van der Waals surface area contributed by atoms with Crippen LogP contribution < -0.4 is 12.4 Å². The Balaban J connectivity index is -0.0000000499. The van der Waals surface area contributed by atoms with Crippen molar-refractivity contribution in [1.82, 2.24) is 4.90 Å². The maximum Gasteiger partial charge on any atom is 2.00 e. The molecule has 4 saturated carbocycles. The van der Waals surface area contributed by atoms with Gasteiger partial charge in [0, 0.05) is 18.8 Å². The molecule has 0 heterocycles. The monoisotopic (exact) mass is 666 g/mol. The van der Waals surface area contributed by atoms with Crippen LogP contribution >= 0.6 is 11.6 Å². The molecule has 0 N–H and O–H groups in total. The van der Waals surface area contributed by atoms with Gasteiger partial charge < -0.3 is 51.5 Å². The fraction of sp³-hybridized carbons (Fsp3) is 0.875. The first kappa shape index (κ1) is 59.0. The molecule has 0 aromatic carbocycles. The quantitative estimate of drug-likeness (QED) is 0.133. The summed E-state index contributed by atoms with van der Waals surface area (Å²) in [6.07, 6.45) is 28.3. The van der Waals surface area contributed by atoms with E-state index in [-0.39, 0.29) is 76.3 Å². The molecular formula is C32H72Cl2Fe2N2. The van der Waals surface area contributed by atoms with Crippen molar-refractivity contribution in [3.63, 3.8) is 0 Å². The van der Waals surface area contributed by atoms with Crippen LogP contribution in [0.4, 0.5) is 0 Å². The number of alkyl halides is 1. The Morgan fingerprint density at radius 1 is 0.526 bits per heavy atom. The molecule has 4 aliphatic rings. The van der Waals surface area contributed by atoms with Crippen molar-refractivity contribution in [2.45, 2.75) is 116 Å². The third kappa shape index (κ3) is 42.0. The second-order valence-electron chi connectivity index (χ2n) is 11.6. The summed E-state index contributed by atoms with van der Waals surface area (Å²) in [5.74, 6) is 2.04. The van der Waals surface area contributed by atoms with Gasteiger partial charge in [0.25, 0.3) is 0 Å². The fourth-order valence-corrected chi connectivity index (χ4v) is 5.44. The fourth-order valence-electron chi connectivity index (χ4n) is 5.44. The van der Waals surface area contributed by atoms with Gasteiger partial charge in [0.1, 0.15) is 0 Å². The van der Waals surface area contributed by atoms with Crippen molar-refractivity contribution in [1.29, 1.82) is 0 Å². The molecule has 6 heteroatoms. The molecule has 4 aliphatic carbocycles. The van der Waals surface area contributed by atoms with E-state index < -0.39 is 0 Å². The van der Waals surface area contributed by atoms with Gasteiger partial charge in [-0.25, -0.2) is 0 Å². The van der Waals surface area contributed by atoms with Gasteiger partial charge in [0.05, 0.1) is 27.7 Å². The molecule has 0 radical (unpaired) electrons. The normalized spacial score (nSPS) is 17.4. The largest absolute Gasteiger partial charge is 2.00 e. The van der Waals surface area contributed by atoms with Gasteiger partial charge in [0.2, 0.25) is 0 Å². The number of rotatable bonds is 4. The van der Waals surface area contributed by atoms with Crippen LogP contribution in [-0.2, 0) is 34.1 Å². The van der Waals surface area contributed by atoms with E-state index in [9.17, 15) is 0 Å². The van der Waals surface area contributed by atoms with Crippen LogP contribution in [-0.4, -0.2) is 64.1 Å². The number of quaternary nitrogens is 1. The van der Waals surface area contributed by atoms with Crippen molar-refractivity contribution < 1.29 is 51.0 Å². The molecule has 0 aromatic heterocycles. The Morgan fingerprint density at radius 2 is 0.763 bits per heavy atom. The van der Waals surface area contributed by atoms with Crippen LogP contribution in [0.25, 0.3) is 0 Å².